The minimum Gasteiger partial charge on any atom is -0.0654 e. The van der Waals surface area contributed by atoms with Gasteiger partial charge in [0, 0.05) is 2.74 Å². The van der Waals surface area contributed by atoms with Crippen LogP contribution in [0.1, 0.15) is 42.7 Å². The fourth-order valence-corrected chi connectivity index (χ4v) is 0.493. The SMILES string of the molecule is [2H]CCCC(C[2H])CC. The molecule has 0 radical (unpaired) electrons. The predicted molar refractivity (Wildman–Crippen MR) is 34.4 cm³/mol. The molecule has 0 saturated heterocycles. The van der Waals surface area contributed by atoms with Gasteiger partial charge in [0.05, 0.1) is 0 Å². The summed E-state index contributed by atoms with van der Waals surface area (Å²) >= 11 is 0. The van der Waals surface area contributed by atoms with Gasteiger partial charge >= 0.3 is 0 Å². The quantitative estimate of drug-likeness (QED) is 0.514. The van der Waals surface area contributed by atoms with Crippen LogP contribution >= 0.6 is 0 Å². The maximum Gasteiger partial charge on any atom is 0.0233 e. The van der Waals surface area contributed by atoms with Crippen molar-refractivity contribution in [2.45, 2.75) is 40.0 Å². The molecule has 0 heterocycles. The molecule has 7 heavy (non-hydrogen) atoms. The van der Waals surface area contributed by atoms with Gasteiger partial charge in [0.2, 0.25) is 0 Å². The maximum absolute atomic E-state index is 7.08. The highest BCUT2D eigenvalue weighted by molar-refractivity contribution is 4.45. The molecule has 44 valence electrons. The molecular formula is C7H16. The largest absolute Gasteiger partial charge is 0.0654 e. The van der Waals surface area contributed by atoms with Crippen molar-refractivity contribution in [3.8, 4) is 0 Å². The van der Waals surface area contributed by atoms with E-state index in [2.05, 4.69) is 6.92 Å². The lowest BCUT2D eigenvalue weighted by molar-refractivity contribution is 0.509. The van der Waals surface area contributed by atoms with E-state index >= 15 is 0 Å². The Morgan fingerprint density at radius 3 is 3.00 bits per heavy atom. The lowest BCUT2D eigenvalue weighted by atomic mass is 10.0. The molecule has 0 rings (SSSR count). The molecule has 0 aromatic rings. The Bertz CT molecular complexity index is 50.9. The molecule has 0 aliphatic rings. The Labute approximate surface area is 49.7 Å². The lowest BCUT2D eigenvalue weighted by Crippen LogP contribution is -1.88. The summed E-state index contributed by atoms with van der Waals surface area (Å²) < 4.78 is 14.0. The topological polar surface area (TPSA) is 0 Å². The van der Waals surface area contributed by atoms with Crippen LogP contribution in [0.4, 0.5) is 0 Å². The number of hydrogen-bond acceptors (Lipinski definition) is 0. The van der Waals surface area contributed by atoms with Gasteiger partial charge in [0.25, 0.3) is 0 Å². The van der Waals surface area contributed by atoms with E-state index in [-0.39, 0.29) is 0 Å². The summed E-state index contributed by atoms with van der Waals surface area (Å²) in [6.45, 7) is 3.18. The van der Waals surface area contributed by atoms with Gasteiger partial charge in [-0.05, 0) is 5.92 Å². The second-order valence-corrected chi connectivity index (χ2v) is 1.92. The Hall–Kier alpha value is 0. The summed E-state index contributed by atoms with van der Waals surface area (Å²) in [5.41, 5.74) is 0. The summed E-state index contributed by atoms with van der Waals surface area (Å²) in [7, 11) is 0. The van der Waals surface area contributed by atoms with E-state index < -0.39 is 0 Å². The van der Waals surface area contributed by atoms with Crippen molar-refractivity contribution >= 4 is 0 Å². The van der Waals surface area contributed by atoms with Gasteiger partial charge in [-0.2, -0.15) is 0 Å². The molecule has 0 fully saturated rings. The van der Waals surface area contributed by atoms with E-state index in [0.717, 1.165) is 19.3 Å². The van der Waals surface area contributed by atoms with Crippen LogP contribution in [0.3, 0.4) is 0 Å². The van der Waals surface area contributed by atoms with Crippen molar-refractivity contribution < 1.29 is 2.74 Å². The van der Waals surface area contributed by atoms with Gasteiger partial charge < -0.3 is 0 Å². The molecule has 0 aromatic heterocycles. The Kier molecular flexibility index (Phi) is 2.34. The second kappa shape index (κ2) is 4.17. The number of hydrogen-bond donors (Lipinski definition) is 0. The van der Waals surface area contributed by atoms with Crippen LogP contribution in [0.5, 0.6) is 0 Å². The molecule has 1 unspecified atom stereocenters. The average Bonchev–Trinajstić information content (AvgIpc) is 1.91. The van der Waals surface area contributed by atoms with Gasteiger partial charge in [0.1, 0.15) is 0 Å². The van der Waals surface area contributed by atoms with Gasteiger partial charge in [-0.15, -0.1) is 0 Å². The van der Waals surface area contributed by atoms with E-state index in [9.17, 15) is 0 Å². The summed E-state index contributed by atoms with van der Waals surface area (Å²) in [6.07, 6.45) is 3.14. The zero-order valence-electron chi connectivity index (χ0n) is 7.11. The highest BCUT2D eigenvalue weighted by Gasteiger charge is 1.92. The lowest BCUT2D eigenvalue weighted by Gasteiger charge is -2.02. The third-order valence-corrected chi connectivity index (χ3v) is 1.19. The Balaban J connectivity index is 3.09. The van der Waals surface area contributed by atoms with E-state index in [1.807, 2.05) is 0 Å². The first-order valence-electron chi connectivity index (χ1n) is 4.35. The molecule has 0 N–H and O–H groups in total. The molecule has 0 bridgehead atoms. The normalized spacial score (nSPS) is 17.9. The Morgan fingerprint density at radius 1 is 1.71 bits per heavy atom. The van der Waals surface area contributed by atoms with Crippen molar-refractivity contribution in [3.05, 3.63) is 0 Å². The van der Waals surface area contributed by atoms with Crippen LogP contribution in [0, 0.1) is 5.92 Å². The zero-order valence-corrected chi connectivity index (χ0v) is 5.11. The van der Waals surface area contributed by atoms with Gasteiger partial charge in [-0.3, -0.25) is 0 Å². The third kappa shape index (κ3) is 3.84. The second-order valence-electron chi connectivity index (χ2n) is 1.92. The summed E-state index contributed by atoms with van der Waals surface area (Å²) in [5.74, 6) is 0.551. The monoisotopic (exact) mass is 102 g/mol. The predicted octanol–water partition coefficient (Wildman–Crippen LogP) is 2.83. The molecule has 0 nitrogen and oxygen atoms in total. The zero-order chi connectivity index (χ0) is 7.11. The highest BCUT2D eigenvalue weighted by atomic mass is 14.0. The molecule has 0 amide bonds. The first-order chi connectivity index (χ1) is 4.35. The van der Waals surface area contributed by atoms with Crippen LogP contribution in [0.15, 0.2) is 0 Å². The van der Waals surface area contributed by atoms with Crippen molar-refractivity contribution in [3.63, 3.8) is 0 Å². The molecular weight excluding hydrogens is 84.1 g/mol. The highest BCUT2D eigenvalue weighted by Crippen LogP contribution is 2.07. The van der Waals surface area contributed by atoms with Crippen molar-refractivity contribution in [2.75, 3.05) is 0 Å². The Morgan fingerprint density at radius 2 is 2.57 bits per heavy atom. The average molecular weight is 102 g/mol. The smallest absolute Gasteiger partial charge is 0.0233 e. The van der Waals surface area contributed by atoms with Crippen molar-refractivity contribution in [1.29, 1.82) is 0 Å². The minimum atomic E-state index is 0.524. The fourth-order valence-electron chi connectivity index (χ4n) is 0.493. The van der Waals surface area contributed by atoms with Gasteiger partial charge in [-0.1, -0.05) is 40.0 Å². The molecule has 1 atom stereocenters. The molecule has 0 aliphatic heterocycles. The standard InChI is InChI=1S/C7H16/c1-4-6-7(3)5-2/h7H,4-6H2,1-3H3/i1D,3D. The molecule has 0 saturated carbocycles. The fraction of sp³-hybridized carbons (Fsp3) is 1.00. The third-order valence-electron chi connectivity index (χ3n) is 1.19. The molecule has 0 spiro atoms. The van der Waals surface area contributed by atoms with Crippen molar-refractivity contribution in [1.82, 2.24) is 0 Å². The maximum atomic E-state index is 7.08. The summed E-state index contributed by atoms with van der Waals surface area (Å²) in [6, 6.07) is 0. The van der Waals surface area contributed by atoms with Crippen LogP contribution in [0.25, 0.3) is 0 Å². The molecule has 0 aromatic carbocycles. The van der Waals surface area contributed by atoms with E-state index in [0.29, 0.717) is 19.7 Å². The van der Waals surface area contributed by atoms with Crippen molar-refractivity contribution in [2.24, 2.45) is 5.92 Å². The molecule has 0 heteroatoms. The van der Waals surface area contributed by atoms with Gasteiger partial charge in [0.15, 0.2) is 0 Å². The summed E-state index contributed by atoms with van der Waals surface area (Å²) in [4.78, 5) is 0. The van der Waals surface area contributed by atoms with E-state index in [1.165, 1.54) is 0 Å². The van der Waals surface area contributed by atoms with E-state index in [4.69, 9.17) is 2.74 Å². The van der Waals surface area contributed by atoms with Crippen LogP contribution in [0.2, 0.25) is 0 Å². The number of rotatable bonds is 3. The summed E-state index contributed by atoms with van der Waals surface area (Å²) in [5, 5.41) is 0. The molecule has 0 aliphatic carbocycles. The van der Waals surface area contributed by atoms with Crippen LogP contribution < -0.4 is 0 Å². The minimum absolute atomic E-state index is 0.524. The van der Waals surface area contributed by atoms with E-state index in [1.54, 1.807) is 0 Å². The van der Waals surface area contributed by atoms with Crippen LogP contribution in [-0.2, 0) is 0 Å². The van der Waals surface area contributed by atoms with Crippen LogP contribution in [-0.4, -0.2) is 0 Å². The first-order valence-corrected chi connectivity index (χ1v) is 2.93. The van der Waals surface area contributed by atoms with Gasteiger partial charge in [-0.25, -0.2) is 0 Å². The first kappa shape index (κ1) is 3.94.